The average Bonchev–Trinajstić information content (AvgIpc) is 2.31. The maximum Gasteiger partial charge on any atom is 0.186 e. The zero-order chi connectivity index (χ0) is 12.0. The normalized spacial score (nSPS) is 13.1. The highest BCUT2D eigenvalue weighted by atomic mass is 16.6. The number of anilines is 1. The van der Waals surface area contributed by atoms with E-state index in [1.165, 1.54) is 0 Å². The van der Waals surface area contributed by atoms with Crippen molar-refractivity contribution in [2.45, 2.75) is 13.8 Å². The van der Waals surface area contributed by atoms with Gasteiger partial charge in [-0.15, -0.1) is 0 Å². The molecule has 1 rings (SSSR count). The molecular formula is C12H17N3O. The van der Waals surface area contributed by atoms with Crippen molar-refractivity contribution in [3.63, 3.8) is 0 Å². The first kappa shape index (κ1) is 12.3. The SMILES string of the molecule is CN=C(C)/C(ON)=C(/C)Nc1ccccc1. The molecule has 0 fully saturated rings. The first-order valence-electron chi connectivity index (χ1n) is 5.02. The molecule has 4 heteroatoms. The van der Waals surface area contributed by atoms with Crippen LogP contribution in [0.15, 0.2) is 46.8 Å². The Hall–Kier alpha value is -1.81. The number of allylic oxidation sites excluding steroid dienone is 2. The van der Waals surface area contributed by atoms with E-state index in [-0.39, 0.29) is 0 Å². The second-order valence-electron chi connectivity index (χ2n) is 3.37. The maximum atomic E-state index is 5.23. The molecule has 86 valence electrons. The highest BCUT2D eigenvalue weighted by molar-refractivity contribution is 5.97. The van der Waals surface area contributed by atoms with Gasteiger partial charge >= 0.3 is 0 Å². The van der Waals surface area contributed by atoms with Crippen LogP contribution in [0.4, 0.5) is 5.69 Å². The van der Waals surface area contributed by atoms with Crippen LogP contribution < -0.4 is 11.2 Å². The van der Waals surface area contributed by atoms with Crippen LogP contribution in [-0.2, 0) is 4.84 Å². The number of hydrogen-bond acceptors (Lipinski definition) is 4. The molecule has 0 aliphatic carbocycles. The lowest BCUT2D eigenvalue weighted by Crippen LogP contribution is -2.13. The van der Waals surface area contributed by atoms with Crippen LogP contribution in [-0.4, -0.2) is 12.8 Å². The molecule has 1 aromatic rings. The molecule has 0 aliphatic rings. The summed E-state index contributed by atoms with van der Waals surface area (Å²) in [5.74, 6) is 5.79. The van der Waals surface area contributed by atoms with E-state index >= 15 is 0 Å². The van der Waals surface area contributed by atoms with E-state index < -0.39 is 0 Å². The fraction of sp³-hybridized carbons (Fsp3) is 0.250. The van der Waals surface area contributed by atoms with Crippen molar-refractivity contribution in [1.29, 1.82) is 0 Å². The minimum absolute atomic E-state index is 0.561. The van der Waals surface area contributed by atoms with Crippen LogP contribution in [0.2, 0.25) is 0 Å². The van der Waals surface area contributed by atoms with Crippen molar-refractivity contribution in [3.05, 3.63) is 41.8 Å². The molecule has 0 aromatic heterocycles. The van der Waals surface area contributed by atoms with Gasteiger partial charge in [0.05, 0.1) is 11.4 Å². The van der Waals surface area contributed by atoms with Crippen LogP contribution in [0.3, 0.4) is 0 Å². The van der Waals surface area contributed by atoms with E-state index in [0.717, 1.165) is 17.1 Å². The Morgan fingerprint density at radius 1 is 1.25 bits per heavy atom. The summed E-state index contributed by atoms with van der Waals surface area (Å²) in [6.45, 7) is 3.74. The zero-order valence-corrected chi connectivity index (χ0v) is 9.82. The quantitative estimate of drug-likeness (QED) is 0.464. The fourth-order valence-corrected chi connectivity index (χ4v) is 1.34. The molecule has 0 radical (unpaired) electrons. The largest absolute Gasteiger partial charge is 0.408 e. The summed E-state index contributed by atoms with van der Waals surface area (Å²) in [7, 11) is 1.70. The lowest BCUT2D eigenvalue weighted by atomic mass is 10.2. The molecule has 0 heterocycles. The topological polar surface area (TPSA) is 59.6 Å². The predicted octanol–water partition coefficient (Wildman–Crippen LogP) is 2.31. The molecule has 3 N–H and O–H groups in total. The Kier molecular flexibility index (Phi) is 4.54. The number of nitrogens with zero attached hydrogens (tertiary/aromatic N) is 1. The zero-order valence-electron chi connectivity index (χ0n) is 9.82. The highest BCUT2D eigenvalue weighted by Crippen LogP contribution is 2.12. The lowest BCUT2D eigenvalue weighted by molar-refractivity contribution is 0.237. The molecular weight excluding hydrogens is 202 g/mol. The van der Waals surface area contributed by atoms with Gasteiger partial charge in [-0.05, 0) is 26.0 Å². The van der Waals surface area contributed by atoms with Gasteiger partial charge in [-0.25, -0.2) is 0 Å². The molecule has 16 heavy (non-hydrogen) atoms. The molecule has 0 aliphatic heterocycles. The van der Waals surface area contributed by atoms with E-state index in [4.69, 9.17) is 10.7 Å². The van der Waals surface area contributed by atoms with Gasteiger partial charge in [-0.2, -0.15) is 5.90 Å². The van der Waals surface area contributed by atoms with Crippen LogP contribution in [0.1, 0.15) is 13.8 Å². The van der Waals surface area contributed by atoms with Gasteiger partial charge < -0.3 is 10.2 Å². The number of hydrogen-bond donors (Lipinski definition) is 2. The lowest BCUT2D eigenvalue weighted by Gasteiger charge is -2.11. The summed E-state index contributed by atoms with van der Waals surface area (Å²) in [6.07, 6.45) is 0. The van der Waals surface area contributed by atoms with Crippen molar-refractivity contribution < 1.29 is 4.84 Å². The van der Waals surface area contributed by atoms with Crippen LogP contribution in [0.5, 0.6) is 0 Å². The van der Waals surface area contributed by atoms with Gasteiger partial charge in [0, 0.05) is 12.7 Å². The van der Waals surface area contributed by atoms with Gasteiger partial charge in [-0.1, -0.05) is 18.2 Å². The van der Waals surface area contributed by atoms with Crippen molar-refractivity contribution in [3.8, 4) is 0 Å². The smallest absolute Gasteiger partial charge is 0.186 e. The number of rotatable bonds is 4. The summed E-state index contributed by atoms with van der Waals surface area (Å²) >= 11 is 0. The summed E-state index contributed by atoms with van der Waals surface area (Å²) in [5.41, 5.74) is 2.57. The minimum Gasteiger partial charge on any atom is -0.408 e. The monoisotopic (exact) mass is 219 g/mol. The molecule has 1 aromatic carbocycles. The molecule has 4 nitrogen and oxygen atoms in total. The third-order valence-electron chi connectivity index (χ3n) is 2.23. The number of benzene rings is 1. The van der Waals surface area contributed by atoms with Gasteiger partial charge in [-0.3, -0.25) is 4.99 Å². The molecule has 0 amide bonds. The summed E-state index contributed by atoms with van der Waals surface area (Å²) in [4.78, 5) is 8.86. The molecule has 0 saturated heterocycles. The van der Waals surface area contributed by atoms with Gasteiger partial charge in [0.1, 0.15) is 0 Å². The molecule has 0 atom stereocenters. The molecule has 0 spiro atoms. The van der Waals surface area contributed by atoms with Crippen molar-refractivity contribution in [1.82, 2.24) is 0 Å². The standard InChI is InChI=1S/C12H17N3O/c1-9(14-3)12(16-13)10(2)15-11-7-5-4-6-8-11/h4-8,15H,13H2,1-3H3/b12-10+,14-9?. The van der Waals surface area contributed by atoms with Crippen molar-refractivity contribution >= 4 is 11.4 Å². The van der Waals surface area contributed by atoms with E-state index in [0.29, 0.717) is 5.76 Å². The molecule has 0 saturated carbocycles. The van der Waals surface area contributed by atoms with E-state index in [2.05, 4.69) is 10.3 Å². The highest BCUT2D eigenvalue weighted by Gasteiger charge is 2.07. The summed E-state index contributed by atoms with van der Waals surface area (Å²) in [6, 6.07) is 9.81. The second kappa shape index (κ2) is 5.92. The maximum absolute atomic E-state index is 5.23. The van der Waals surface area contributed by atoms with Crippen molar-refractivity contribution in [2.24, 2.45) is 10.9 Å². The van der Waals surface area contributed by atoms with E-state index in [9.17, 15) is 0 Å². The van der Waals surface area contributed by atoms with E-state index in [1.54, 1.807) is 7.05 Å². The Bertz CT molecular complexity index is 396. The van der Waals surface area contributed by atoms with Crippen LogP contribution in [0, 0.1) is 0 Å². The Balaban J connectivity index is 2.91. The first-order valence-corrected chi connectivity index (χ1v) is 5.02. The van der Waals surface area contributed by atoms with E-state index in [1.807, 2.05) is 44.2 Å². The molecule has 0 unspecified atom stereocenters. The fourth-order valence-electron chi connectivity index (χ4n) is 1.34. The van der Waals surface area contributed by atoms with Gasteiger partial charge in [0.15, 0.2) is 5.76 Å². The number of aliphatic imine (C=N–C) groups is 1. The van der Waals surface area contributed by atoms with Gasteiger partial charge in [0.2, 0.25) is 0 Å². The summed E-state index contributed by atoms with van der Waals surface area (Å²) in [5, 5.41) is 3.20. The average molecular weight is 219 g/mol. The summed E-state index contributed by atoms with van der Waals surface area (Å²) < 4.78 is 0. The Labute approximate surface area is 95.8 Å². The van der Waals surface area contributed by atoms with Crippen LogP contribution >= 0.6 is 0 Å². The third-order valence-corrected chi connectivity index (χ3v) is 2.23. The first-order chi connectivity index (χ1) is 7.69. The number of para-hydroxylation sites is 1. The molecule has 0 bridgehead atoms. The third kappa shape index (κ3) is 3.10. The van der Waals surface area contributed by atoms with Crippen LogP contribution in [0.25, 0.3) is 0 Å². The predicted molar refractivity (Wildman–Crippen MR) is 67.1 cm³/mol. The Morgan fingerprint density at radius 2 is 1.88 bits per heavy atom. The Morgan fingerprint density at radius 3 is 2.38 bits per heavy atom. The number of nitrogens with two attached hydrogens (primary N) is 1. The van der Waals surface area contributed by atoms with Crippen molar-refractivity contribution in [2.75, 3.05) is 12.4 Å². The minimum atomic E-state index is 0.561. The second-order valence-corrected chi connectivity index (χ2v) is 3.37. The number of nitrogens with one attached hydrogen (secondary N) is 1. The van der Waals surface area contributed by atoms with Gasteiger partial charge in [0.25, 0.3) is 0 Å².